The van der Waals surface area contributed by atoms with Gasteiger partial charge in [0.25, 0.3) is 5.91 Å². The Kier molecular flexibility index (Phi) is 6.10. The third-order valence-corrected chi connectivity index (χ3v) is 4.62. The van der Waals surface area contributed by atoms with Gasteiger partial charge in [-0.2, -0.15) is 0 Å². The third-order valence-electron chi connectivity index (χ3n) is 4.13. The minimum absolute atomic E-state index is 0.0502. The van der Waals surface area contributed by atoms with Crippen LogP contribution in [0.1, 0.15) is 11.4 Å². The van der Waals surface area contributed by atoms with Crippen LogP contribution in [0.2, 0.25) is 0 Å². The van der Waals surface area contributed by atoms with Gasteiger partial charge in [0.2, 0.25) is 5.91 Å². The Morgan fingerprint density at radius 3 is 2.75 bits per heavy atom. The van der Waals surface area contributed by atoms with Crippen LogP contribution in [0.5, 0.6) is 5.75 Å². The highest BCUT2D eigenvalue weighted by Crippen LogP contribution is 2.24. The van der Waals surface area contributed by atoms with Crippen molar-refractivity contribution < 1.29 is 14.3 Å². The maximum atomic E-state index is 12.1. The highest BCUT2D eigenvalue weighted by atomic mass is 79.9. The minimum Gasteiger partial charge on any atom is -0.496 e. The Morgan fingerprint density at radius 1 is 1.21 bits per heavy atom. The summed E-state index contributed by atoms with van der Waals surface area (Å²) >= 11 is 3.38. The molecule has 1 heterocycles. The van der Waals surface area contributed by atoms with Gasteiger partial charge in [-0.1, -0.05) is 28.1 Å². The lowest BCUT2D eigenvalue weighted by atomic mass is 10.2. The number of nitrogens with one attached hydrogen (secondary N) is 2. The molecule has 3 rings (SSSR count). The standard InChI is InChI=1S/C20H19BrN4O3/c1-25-16-6-4-3-5-15(16)22-18(25)12-20(27)24-23-19(26)10-7-13-11-14(21)8-9-17(13)28-2/h3-11H,12H2,1-2H3,(H,23,26)(H,24,27)/b10-7+. The van der Waals surface area contributed by atoms with Crippen molar-refractivity contribution in [3.05, 3.63) is 64.4 Å². The smallest absolute Gasteiger partial charge is 0.262 e. The number of para-hydroxylation sites is 2. The number of carbonyl (C=O) groups is 2. The van der Waals surface area contributed by atoms with E-state index in [-0.39, 0.29) is 12.3 Å². The lowest BCUT2D eigenvalue weighted by Crippen LogP contribution is -2.41. The summed E-state index contributed by atoms with van der Waals surface area (Å²) in [5, 5.41) is 0. The predicted octanol–water partition coefficient (Wildman–Crippen LogP) is 2.75. The van der Waals surface area contributed by atoms with Crippen LogP contribution in [-0.2, 0) is 23.1 Å². The van der Waals surface area contributed by atoms with Gasteiger partial charge >= 0.3 is 0 Å². The number of halogens is 1. The molecule has 2 amide bonds. The number of aromatic nitrogens is 2. The van der Waals surface area contributed by atoms with Crippen LogP contribution in [0, 0.1) is 0 Å². The van der Waals surface area contributed by atoms with Crippen LogP contribution in [0.15, 0.2) is 53.0 Å². The molecule has 0 aliphatic heterocycles. The Balaban J connectivity index is 1.57. The number of nitrogens with zero attached hydrogens (tertiary/aromatic N) is 2. The Hall–Kier alpha value is -3.13. The quantitative estimate of drug-likeness (QED) is 0.469. The van der Waals surface area contributed by atoms with Crippen LogP contribution in [0.3, 0.4) is 0 Å². The zero-order valence-corrected chi connectivity index (χ0v) is 17.0. The van der Waals surface area contributed by atoms with Crippen LogP contribution in [-0.4, -0.2) is 28.5 Å². The number of rotatable bonds is 5. The molecule has 0 fully saturated rings. The van der Waals surface area contributed by atoms with E-state index in [0.29, 0.717) is 11.6 Å². The van der Waals surface area contributed by atoms with Crippen molar-refractivity contribution in [3.8, 4) is 5.75 Å². The average molecular weight is 443 g/mol. The van der Waals surface area contributed by atoms with Crippen molar-refractivity contribution >= 4 is 44.9 Å². The molecule has 0 unspecified atom stereocenters. The predicted molar refractivity (Wildman–Crippen MR) is 110 cm³/mol. The monoisotopic (exact) mass is 442 g/mol. The van der Waals surface area contributed by atoms with E-state index in [0.717, 1.165) is 21.1 Å². The molecule has 0 aliphatic rings. The number of amides is 2. The first-order valence-electron chi connectivity index (χ1n) is 8.48. The van der Waals surface area contributed by atoms with Crippen molar-refractivity contribution in [3.63, 3.8) is 0 Å². The summed E-state index contributed by atoms with van der Waals surface area (Å²) in [5.74, 6) is 0.432. The normalized spacial score (nSPS) is 11.0. The number of methoxy groups -OCH3 is 1. The number of fused-ring (bicyclic) bond motifs is 1. The summed E-state index contributed by atoms with van der Waals surface area (Å²) < 4.78 is 7.97. The van der Waals surface area contributed by atoms with Crippen LogP contribution in [0.4, 0.5) is 0 Å². The van der Waals surface area contributed by atoms with Crippen molar-refractivity contribution in [1.29, 1.82) is 0 Å². The summed E-state index contributed by atoms with van der Waals surface area (Å²) in [6.07, 6.45) is 2.98. The molecule has 8 heteroatoms. The van der Waals surface area contributed by atoms with Gasteiger partial charge in [0.05, 0.1) is 24.6 Å². The van der Waals surface area contributed by atoms with E-state index in [9.17, 15) is 9.59 Å². The molecular weight excluding hydrogens is 424 g/mol. The van der Waals surface area contributed by atoms with Gasteiger partial charge in [0.1, 0.15) is 11.6 Å². The first-order chi connectivity index (χ1) is 13.5. The van der Waals surface area contributed by atoms with Gasteiger partial charge in [0.15, 0.2) is 0 Å². The molecule has 7 nitrogen and oxygen atoms in total. The van der Waals surface area contributed by atoms with Crippen molar-refractivity contribution in [2.45, 2.75) is 6.42 Å². The number of hydrazine groups is 1. The second-order valence-corrected chi connectivity index (χ2v) is 6.93. The van der Waals surface area contributed by atoms with E-state index >= 15 is 0 Å². The van der Waals surface area contributed by atoms with Gasteiger partial charge in [-0.05, 0) is 36.4 Å². The second-order valence-electron chi connectivity index (χ2n) is 6.01. The Bertz CT molecular complexity index is 1060. The number of hydrogen-bond donors (Lipinski definition) is 2. The Morgan fingerprint density at radius 2 is 2.00 bits per heavy atom. The van der Waals surface area contributed by atoms with E-state index in [1.54, 1.807) is 19.3 Å². The fraction of sp³-hybridized carbons (Fsp3) is 0.150. The molecule has 144 valence electrons. The van der Waals surface area contributed by atoms with Crippen molar-refractivity contribution in [2.24, 2.45) is 7.05 Å². The topological polar surface area (TPSA) is 85.2 Å². The number of ether oxygens (including phenoxy) is 1. The minimum atomic E-state index is -0.458. The van der Waals surface area contributed by atoms with E-state index in [1.165, 1.54) is 6.08 Å². The molecule has 0 spiro atoms. The summed E-state index contributed by atoms with van der Waals surface area (Å²) in [6, 6.07) is 13.1. The zero-order chi connectivity index (χ0) is 20.1. The van der Waals surface area contributed by atoms with Crippen LogP contribution >= 0.6 is 15.9 Å². The number of imidazole rings is 1. The van der Waals surface area contributed by atoms with Gasteiger partial charge < -0.3 is 9.30 Å². The molecule has 0 saturated heterocycles. The van der Waals surface area contributed by atoms with Gasteiger partial charge in [0, 0.05) is 23.2 Å². The van der Waals surface area contributed by atoms with Gasteiger partial charge in [-0.3, -0.25) is 20.4 Å². The van der Waals surface area contributed by atoms with Crippen molar-refractivity contribution in [1.82, 2.24) is 20.4 Å². The first kappa shape index (κ1) is 19.6. The zero-order valence-electron chi connectivity index (χ0n) is 15.4. The molecule has 0 atom stereocenters. The summed E-state index contributed by atoms with van der Waals surface area (Å²) in [5.41, 5.74) is 7.26. The van der Waals surface area contributed by atoms with E-state index in [4.69, 9.17) is 4.74 Å². The van der Waals surface area contributed by atoms with Gasteiger partial charge in [-0.25, -0.2) is 4.98 Å². The number of aryl methyl sites for hydroxylation is 1. The summed E-state index contributed by atoms with van der Waals surface area (Å²) in [6.45, 7) is 0. The summed E-state index contributed by atoms with van der Waals surface area (Å²) in [7, 11) is 3.41. The average Bonchev–Trinajstić information content (AvgIpc) is 3.00. The Labute approximate surface area is 170 Å². The van der Waals surface area contributed by atoms with E-state index in [1.807, 2.05) is 48.0 Å². The largest absolute Gasteiger partial charge is 0.496 e. The lowest BCUT2D eigenvalue weighted by molar-refractivity contribution is -0.126. The van der Waals surface area contributed by atoms with Crippen molar-refractivity contribution in [2.75, 3.05) is 7.11 Å². The number of hydrogen-bond acceptors (Lipinski definition) is 4. The van der Waals surface area contributed by atoms with E-state index in [2.05, 4.69) is 31.8 Å². The second kappa shape index (κ2) is 8.71. The van der Waals surface area contributed by atoms with Crippen LogP contribution < -0.4 is 15.6 Å². The molecule has 0 radical (unpaired) electrons. The molecule has 1 aromatic heterocycles. The summed E-state index contributed by atoms with van der Waals surface area (Å²) in [4.78, 5) is 28.6. The number of benzene rings is 2. The number of carbonyl (C=O) groups excluding carboxylic acids is 2. The SMILES string of the molecule is COc1ccc(Br)cc1/C=C/C(=O)NNC(=O)Cc1nc2ccccc2n1C. The molecule has 3 aromatic rings. The molecule has 0 saturated carbocycles. The lowest BCUT2D eigenvalue weighted by Gasteiger charge is -2.06. The molecule has 0 bridgehead atoms. The molecule has 0 aliphatic carbocycles. The third kappa shape index (κ3) is 4.58. The highest BCUT2D eigenvalue weighted by Gasteiger charge is 2.12. The molecular formula is C20H19BrN4O3. The van der Waals surface area contributed by atoms with Crippen LogP contribution in [0.25, 0.3) is 17.1 Å². The van der Waals surface area contributed by atoms with E-state index < -0.39 is 5.91 Å². The van der Waals surface area contributed by atoms with Gasteiger partial charge in [-0.15, -0.1) is 0 Å². The highest BCUT2D eigenvalue weighted by molar-refractivity contribution is 9.10. The first-order valence-corrected chi connectivity index (χ1v) is 9.28. The molecule has 28 heavy (non-hydrogen) atoms. The maximum absolute atomic E-state index is 12.1. The molecule has 2 aromatic carbocycles. The maximum Gasteiger partial charge on any atom is 0.262 e. The molecule has 2 N–H and O–H groups in total. The fourth-order valence-electron chi connectivity index (χ4n) is 2.72. The fourth-order valence-corrected chi connectivity index (χ4v) is 3.09.